The van der Waals surface area contributed by atoms with Crippen molar-refractivity contribution in [2.45, 2.75) is 6.04 Å². The Bertz CT molecular complexity index is 457. The molecule has 0 bridgehead atoms. The van der Waals surface area contributed by atoms with Crippen LogP contribution in [-0.4, -0.2) is 43.2 Å². The van der Waals surface area contributed by atoms with Gasteiger partial charge in [-0.2, -0.15) is 0 Å². The van der Waals surface area contributed by atoms with E-state index in [0.29, 0.717) is 12.2 Å². The predicted octanol–water partition coefficient (Wildman–Crippen LogP) is 1.46. The average molecular weight is 272 g/mol. The molecule has 1 N–H and O–H groups in total. The van der Waals surface area contributed by atoms with Crippen molar-refractivity contribution in [3.63, 3.8) is 0 Å². The first kappa shape index (κ1) is 13.1. The molecule has 0 radical (unpaired) electrons. The Labute approximate surface area is 111 Å². The lowest BCUT2D eigenvalue weighted by molar-refractivity contribution is 0.193. The highest BCUT2D eigenvalue weighted by Gasteiger charge is 2.38. The second-order valence-corrected chi connectivity index (χ2v) is 4.42. The van der Waals surface area contributed by atoms with Crippen LogP contribution in [0.4, 0.5) is 14.9 Å². The fourth-order valence-electron chi connectivity index (χ4n) is 2.48. The number of carbonyl (C=O) groups excluding carboxylic acids is 1. The van der Waals surface area contributed by atoms with Gasteiger partial charge in [0, 0.05) is 31.9 Å². The zero-order valence-electron chi connectivity index (χ0n) is 9.80. The van der Waals surface area contributed by atoms with E-state index in [1.165, 1.54) is 12.1 Å². The lowest BCUT2D eigenvalue weighted by atomic mass is 10.2. The highest BCUT2D eigenvalue weighted by atomic mass is 35.5. The Morgan fingerprint density at radius 3 is 2.94 bits per heavy atom. The number of nitrogens with zero attached hydrogens (tertiary/aromatic N) is 2. The molecule has 2 saturated heterocycles. The third-order valence-corrected chi connectivity index (χ3v) is 3.34. The van der Waals surface area contributed by atoms with Crippen molar-refractivity contribution in [2.24, 2.45) is 0 Å². The summed E-state index contributed by atoms with van der Waals surface area (Å²) in [4.78, 5) is 15.7. The van der Waals surface area contributed by atoms with E-state index in [0.717, 1.165) is 19.6 Å². The summed E-state index contributed by atoms with van der Waals surface area (Å²) in [6, 6.07) is 6.39. The van der Waals surface area contributed by atoms with Crippen molar-refractivity contribution in [3.05, 3.63) is 30.1 Å². The second kappa shape index (κ2) is 5.12. The number of urea groups is 1. The monoisotopic (exact) mass is 271 g/mol. The molecule has 98 valence electrons. The number of rotatable bonds is 1. The Hall–Kier alpha value is -1.33. The van der Waals surface area contributed by atoms with E-state index in [4.69, 9.17) is 0 Å². The van der Waals surface area contributed by atoms with Crippen molar-refractivity contribution in [2.75, 3.05) is 31.1 Å². The third kappa shape index (κ3) is 2.15. The standard InChI is InChI=1S/C12H14FN3O.ClH/c13-9-2-1-3-10(6-9)16-8-11-7-14-4-5-15(11)12(16)17;/h1-3,6,11,14H,4-5,7-8H2;1H. The number of hydrogen-bond donors (Lipinski definition) is 1. The van der Waals surface area contributed by atoms with E-state index in [2.05, 4.69) is 5.32 Å². The summed E-state index contributed by atoms with van der Waals surface area (Å²) in [6.07, 6.45) is 0. The molecule has 1 unspecified atom stereocenters. The van der Waals surface area contributed by atoms with E-state index in [9.17, 15) is 9.18 Å². The number of carbonyl (C=O) groups is 1. The number of nitrogens with one attached hydrogen (secondary N) is 1. The number of amides is 2. The quantitative estimate of drug-likeness (QED) is 0.839. The van der Waals surface area contributed by atoms with Gasteiger partial charge in [0.15, 0.2) is 0 Å². The fourth-order valence-corrected chi connectivity index (χ4v) is 2.48. The van der Waals surface area contributed by atoms with E-state index >= 15 is 0 Å². The van der Waals surface area contributed by atoms with Crippen LogP contribution in [0.15, 0.2) is 24.3 Å². The molecule has 1 aromatic carbocycles. The molecule has 18 heavy (non-hydrogen) atoms. The summed E-state index contributed by atoms with van der Waals surface area (Å²) < 4.78 is 13.2. The second-order valence-electron chi connectivity index (χ2n) is 4.42. The van der Waals surface area contributed by atoms with Gasteiger partial charge in [0.25, 0.3) is 0 Å². The summed E-state index contributed by atoms with van der Waals surface area (Å²) in [5.74, 6) is -0.307. The topological polar surface area (TPSA) is 35.6 Å². The Morgan fingerprint density at radius 2 is 2.22 bits per heavy atom. The van der Waals surface area contributed by atoms with Gasteiger partial charge in [-0.25, -0.2) is 9.18 Å². The van der Waals surface area contributed by atoms with Gasteiger partial charge in [0.1, 0.15) is 5.82 Å². The number of piperazine rings is 1. The van der Waals surface area contributed by atoms with Gasteiger partial charge in [0.2, 0.25) is 0 Å². The molecule has 2 amide bonds. The molecule has 3 rings (SSSR count). The van der Waals surface area contributed by atoms with Gasteiger partial charge < -0.3 is 10.2 Å². The molecule has 2 aliphatic heterocycles. The van der Waals surface area contributed by atoms with Gasteiger partial charge in [-0.15, -0.1) is 12.4 Å². The van der Waals surface area contributed by atoms with Crippen LogP contribution in [0.2, 0.25) is 0 Å². The van der Waals surface area contributed by atoms with Gasteiger partial charge >= 0.3 is 6.03 Å². The first-order valence-electron chi connectivity index (χ1n) is 5.80. The highest BCUT2D eigenvalue weighted by Crippen LogP contribution is 2.24. The molecule has 1 aromatic rings. The minimum absolute atomic E-state index is 0. The molecule has 2 aliphatic rings. The van der Waals surface area contributed by atoms with Gasteiger partial charge in [-0.3, -0.25) is 4.90 Å². The van der Waals surface area contributed by atoms with Crippen LogP contribution >= 0.6 is 12.4 Å². The maximum Gasteiger partial charge on any atom is 0.324 e. The smallest absolute Gasteiger partial charge is 0.317 e. The number of fused-ring (bicyclic) bond motifs is 1. The fraction of sp³-hybridized carbons (Fsp3) is 0.417. The lowest BCUT2D eigenvalue weighted by Crippen LogP contribution is -2.49. The van der Waals surface area contributed by atoms with Gasteiger partial charge in [-0.1, -0.05) is 6.07 Å². The maximum absolute atomic E-state index is 13.2. The van der Waals surface area contributed by atoms with Crippen molar-refractivity contribution < 1.29 is 9.18 Å². The van der Waals surface area contributed by atoms with E-state index in [1.54, 1.807) is 17.0 Å². The normalized spacial score (nSPS) is 22.7. The lowest BCUT2D eigenvalue weighted by Gasteiger charge is -2.28. The number of anilines is 1. The van der Waals surface area contributed by atoms with Crippen molar-refractivity contribution >= 4 is 24.1 Å². The number of hydrogen-bond acceptors (Lipinski definition) is 2. The molecular weight excluding hydrogens is 257 g/mol. The molecular formula is C12H15ClFN3O. The molecule has 0 aliphatic carbocycles. The van der Waals surface area contributed by atoms with Crippen molar-refractivity contribution in [1.29, 1.82) is 0 Å². The van der Waals surface area contributed by atoms with Crippen LogP contribution in [0.5, 0.6) is 0 Å². The van der Waals surface area contributed by atoms with Crippen LogP contribution in [-0.2, 0) is 0 Å². The van der Waals surface area contributed by atoms with Crippen LogP contribution in [0.25, 0.3) is 0 Å². The first-order chi connectivity index (χ1) is 8.25. The molecule has 2 heterocycles. The van der Waals surface area contributed by atoms with Crippen molar-refractivity contribution in [3.8, 4) is 0 Å². The predicted molar refractivity (Wildman–Crippen MR) is 69.8 cm³/mol. The zero-order valence-corrected chi connectivity index (χ0v) is 10.6. The highest BCUT2D eigenvalue weighted by molar-refractivity contribution is 5.94. The van der Waals surface area contributed by atoms with E-state index in [-0.39, 0.29) is 30.3 Å². The summed E-state index contributed by atoms with van der Waals surface area (Å²) in [6.45, 7) is 3.02. The van der Waals surface area contributed by atoms with E-state index in [1.807, 2.05) is 4.90 Å². The maximum atomic E-state index is 13.2. The summed E-state index contributed by atoms with van der Waals surface area (Å²) in [5.41, 5.74) is 0.643. The molecule has 0 aromatic heterocycles. The SMILES string of the molecule is Cl.O=C1N(c2cccc(F)c2)CC2CNCCN12. The summed E-state index contributed by atoms with van der Waals surface area (Å²) >= 11 is 0. The van der Waals surface area contributed by atoms with Crippen LogP contribution < -0.4 is 10.2 Å². The van der Waals surface area contributed by atoms with Gasteiger partial charge in [-0.05, 0) is 18.2 Å². The van der Waals surface area contributed by atoms with Gasteiger partial charge in [0.05, 0.1) is 6.04 Å². The Morgan fingerprint density at radius 1 is 1.39 bits per heavy atom. The van der Waals surface area contributed by atoms with Crippen molar-refractivity contribution in [1.82, 2.24) is 10.2 Å². The molecule has 2 fully saturated rings. The third-order valence-electron chi connectivity index (χ3n) is 3.34. The summed E-state index contributed by atoms with van der Waals surface area (Å²) in [5, 5.41) is 3.27. The average Bonchev–Trinajstić information content (AvgIpc) is 2.68. The summed E-state index contributed by atoms with van der Waals surface area (Å²) in [7, 11) is 0. The Kier molecular flexibility index (Phi) is 3.73. The molecule has 1 atom stereocenters. The molecule has 0 spiro atoms. The first-order valence-corrected chi connectivity index (χ1v) is 5.80. The van der Waals surface area contributed by atoms with Crippen LogP contribution in [0.1, 0.15) is 0 Å². The molecule has 6 heteroatoms. The minimum atomic E-state index is -0.307. The number of halogens is 2. The zero-order chi connectivity index (χ0) is 11.8. The Balaban J connectivity index is 0.00000120. The number of benzene rings is 1. The molecule has 4 nitrogen and oxygen atoms in total. The van der Waals surface area contributed by atoms with E-state index < -0.39 is 0 Å². The largest absolute Gasteiger partial charge is 0.324 e. The van der Waals surface area contributed by atoms with Crippen LogP contribution in [0, 0.1) is 5.82 Å². The minimum Gasteiger partial charge on any atom is -0.317 e. The van der Waals surface area contributed by atoms with Crippen LogP contribution in [0.3, 0.4) is 0 Å². The molecule has 0 saturated carbocycles.